The van der Waals surface area contributed by atoms with E-state index in [9.17, 15) is 4.79 Å². The zero-order valence-corrected chi connectivity index (χ0v) is 17.9. The number of pyridine rings is 1. The van der Waals surface area contributed by atoms with Crippen molar-refractivity contribution in [1.82, 2.24) is 29.9 Å². The van der Waals surface area contributed by atoms with Gasteiger partial charge in [0.05, 0.1) is 22.7 Å². The van der Waals surface area contributed by atoms with Gasteiger partial charge in [-0.3, -0.25) is 14.3 Å². The fourth-order valence-electron chi connectivity index (χ4n) is 3.76. The summed E-state index contributed by atoms with van der Waals surface area (Å²) in [5.74, 6) is 0.363. The second kappa shape index (κ2) is 8.17. The highest BCUT2D eigenvalue weighted by molar-refractivity contribution is 6.04. The molecule has 0 aliphatic rings. The number of nitrogens with zero attached hydrogens (tertiary/aromatic N) is 7. The smallest absolute Gasteiger partial charge is 0.269 e. The average Bonchev–Trinajstić information content (AvgIpc) is 3.68. The van der Waals surface area contributed by atoms with E-state index in [1.54, 1.807) is 42.7 Å². The van der Waals surface area contributed by atoms with Crippen LogP contribution in [0.1, 0.15) is 15.9 Å². The van der Waals surface area contributed by atoms with Crippen molar-refractivity contribution >= 4 is 16.9 Å². The summed E-state index contributed by atoms with van der Waals surface area (Å²) in [4.78, 5) is 22.4. The maximum Gasteiger partial charge on any atom is 0.269 e. The van der Waals surface area contributed by atoms with Crippen LogP contribution in [-0.2, 0) is 0 Å². The van der Waals surface area contributed by atoms with Crippen molar-refractivity contribution in [2.45, 2.75) is 0 Å². The lowest BCUT2D eigenvalue weighted by Gasteiger charge is -2.07. The molecule has 0 atom stereocenters. The van der Waals surface area contributed by atoms with Crippen LogP contribution in [0.3, 0.4) is 0 Å². The first kappa shape index (κ1) is 20.2. The Bertz CT molecular complexity index is 1710. The first-order valence-electron chi connectivity index (χ1n) is 10.4. The highest BCUT2D eigenvalue weighted by atomic mass is 16.5. The number of carbonyl (C=O) groups is 1. The number of fused-ring (bicyclic) bond motifs is 1. The minimum atomic E-state index is -0.334. The lowest BCUT2D eigenvalue weighted by molar-refractivity contribution is 0.0965. The fraction of sp³-hybridized carbons (Fsp3) is 0. The van der Waals surface area contributed by atoms with Crippen LogP contribution in [0, 0.1) is 11.3 Å². The number of benzene rings is 2. The second-order valence-electron chi connectivity index (χ2n) is 7.52. The van der Waals surface area contributed by atoms with Gasteiger partial charge in [-0.2, -0.15) is 5.26 Å². The molecular weight excluding hydrogens is 446 g/mol. The van der Waals surface area contributed by atoms with Crippen molar-refractivity contribution in [2.75, 3.05) is 0 Å². The van der Waals surface area contributed by atoms with Crippen LogP contribution in [0.2, 0.25) is 0 Å². The van der Waals surface area contributed by atoms with Gasteiger partial charge in [-0.1, -0.05) is 11.2 Å². The minimum absolute atomic E-state index is 0.182. The van der Waals surface area contributed by atoms with Crippen LogP contribution < -0.4 is 0 Å². The summed E-state index contributed by atoms with van der Waals surface area (Å²) in [6.45, 7) is 0. The van der Waals surface area contributed by atoms with Gasteiger partial charge in [-0.05, 0) is 59.7 Å². The minimum Gasteiger partial charge on any atom is -0.422 e. The Morgan fingerprint density at radius 2 is 1.80 bits per heavy atom. The second-order valence-corrected chi connectivity index (χ2v) is 7.52. The first-order valence-corrected chi connectivity index (χ1v) is 10.4. The quantitative estimate of drug-likeness (QED) is 0.376. The summed E-state index contributed by atoms with van der Waals surface area (Å²) in [5, 5.41) is 20.6. The Balaban J connectivity index is 1.53. The van der Waals surface area contributed by atoms with Crippen molar-refractivity contribution in [2.24, 2.45) is 0 Å². The van der Waals surface area contributed by atoms with Gasteiger partial charge in [0, 0.05) is 24.0 Å². The molecule has 4 heterocycles. The Labute approximate surface area is 197 Å². The summed E-state index contributed by atoms with van der Waals surface area (Å²) >= 11 is 0. The van der Waals surface area contributed by atoms with E-state index in [4.69, 9.17) is 19.2 Å². The standard InChI is InChI=1S/C25H13N7O3/c26-13-15-1-3-17(4-2-15)25(33)32-21-6-5-18(16-7-9-27-10-8-16)11-19(21)29-23(32)22-12-20(31-35-22)24-30-28-14-34-24/h1-12,14H. The predicted octanol–water partition coefficient (Wildman–Crippen LogP) is 4.36. The number of hydrogen-bond donors (Lipinski definition) is 0. The monoisotopic (exact) mass is 459 g/mol. The van der Waals surface area contributed by atoms with Gasteiger partial charge in [0.2, 0.25) is 12.2 Å². The molecule has 10 heteroatoms. The molecule has 2 aromatic carbocycles. The fourth-order valence-corrected chi connectivity index (χ4v) is 3.76. The molecule has 10 nitrogen and oxygen atoms in total. The summed E-state index contributed by atoms with van der Waals surface area (Å²) in [6.07, 6.45) is 4.62. The zero-order valence-electron chi connectivity index (χ0n) is 17.9. The number of hydrogen-bond acceptors (Lipinski definition) is 9. The van der Waals surface area contributed by atoms with E-state index in [0.29, 0.717) is 27.9 Å². The van der Waals surface area contributed by atoms with Crippen molar-refractivity contribution in [3.8, 4) is 40.4 Å². The topological polar surface area (TPSA) is 137 Å². The molecular formula is C25H13N7O3. The van der Waals surface area contributed by atoms with Gasteiger partial charge < -0.3 is 8.94 Å². The molecule has 0 aliphatic carbocycles. The van der Waals surface area contributed by atoms with E-state index in [1.807, 2.05) is 30.3 Å². The van der Waals surface area contributed by atoms with Crippen molar-refractivity contribution in [3.05, 3.63) is 90.6 Å². The number of carbonyl (C=O) groups excluding carboxylic acids is 1. The number of imidazole rings is 1. The third kappa shape index (κ3) is 3.53. The highest BCUT2D eigenvalue weighted by Crippen LogP contribution is 2.31. The molecule has 0 radical (unpaired) electrons. The maximum absolute atomic E-state index is 13.6. The molecule has 35 heavy (non-hydrogen) atoms. The van der Waals surface area contributed by atoms with E-state index in [0.717, 1.165) is 11.1 Å². The van der Waals surface area contributed by atoms with E-state index in [-0.39, 0.29) is 23.4 Å². The number of nitriles is 1. The molecule has 0 aliphatic heterocycles. The van der Waals surface area contributed by atoms with Crippen molar-refractivity contribution in [1.29, 1.82) is 5.26 Å². The Morgan fingerprint density at radius 3 is 2.54 bits per heavy atom. The lowest BCUT2D eigenvalue weighted by atomic mass is 10.1. The molecule has 0 bridgehead atoms. The molecule has 166 valence electrons. The molecule has 4 aromatic heterocycles. The van der Waals surface area contributed by atoms with Crippen LogP contribution in [0.4, 0.5) is 0 Å². The average molecular weight is 459 g/mol. The van der Waals surface area contributed by atoms with Gasteiger partial charge >= 0.3 is 0 Å². The third-order valence-electron chi connectivity index (χ3n) is 5.44. The van der Waals surface area contributed by atoms with Crippen molar-refractivity contribution in [3.63, 3.8) is 0 Å². The largest absolute Gasteiger partial charge is 0.422 e. The summed E-state index contributed by atoms with van der Waals surface area (Å²) in [6, 6.07) is 19.5. The summed E-state index contributed by atoms with van der Waals surface area (Å²) in [7, 11) is 0. The number of aromatic nitrogens is 6. The van der Waals surface area contributed by atoms with Crippen molar-refractivity contribution < 1.29 is 13.7 Å². The third-order valence-corrected chi connectivity index (χ3v) is 5.44. The van der Waals surface area contributed by atoms with Crippen LogP contribution in [0.25, 0.3) is 45.3 Å². The van der Waals surface area contributed by atoms with Crippen LogP contribution in [0.5, 0.6) is 0 Å². The number of rotatable bonds is 4. The molecule has 0 N–H and O–H groups in total. The van der Waals surface area contributed by atoms with Gasteiger partial charge in [-0.25, -0.2) is 4.98 Å². The molecule has 0 spiro atoms. The predicted molar refractivity (Wildman–Crippen MR) is 123 cm³/mol. The Morgan fingerprint density at radius 1 is 0.971 bits per heavy atom. The summed E-state index contributed by atoms with van der Waals surface area (Å²) in [5.41, 5.74) is 4.23. The zero-order chi connectivity index (χ0) is 23.8. The van der Waals surface area contributed by atoms with Gasteiger partial charge in [-0.15, -0.1) is 10.2 Å². The van der Waals surface area contributed by atoms with E-state index >= 15 is 0 Å². The van der Waals surface area contributed by atoms with Gasteiger partial charge in [0.15, 0.2) is 11.5 Å². The first-order chi connectivity index (χ1) is 17.2. The maximum atomic E-state index is 13.6. The van der Waals surface area contributed by atoms with Crippen LogP contribution in [0.15, 0.2) is 88.4 Å². The SMILES string of the molecule is N#Cc1ccc(C(=O)n2c(-c3cc(-c4nnco4)no3)nc3cc(-c4ccncc4)ccc32)cc1. The van der Waals surface area contributed by atoms with E-state index in [2.05, 4.69) is 26.4 Å². The normalized spacial score (nSPS) is 10.9. The summed E-state index contributed by atoms with van der Waals surface area (Å²) < 4.78 is 12.2. The Kier molecular flexibility index (Phi) is 4.71. The highest BCUT2D eigenvalue weighted by Gasteiger charge is 2.24. The van der Waals surface area contributed by atoms with E-state index in [1.165, 1.54) is 11.0 Å². The Hall–Kier alpha value is -5.43. The van der Waals surface area contributed by atoms with Crippen LogP contribution >= 0.6 is 0 Å². The molecule has 0 unspecified atom stereocenters. The lowest BCUT2D eigenvalue weighted by Crippen LogP contribution is -2.13. The van der Waals surface area contributed by atoms with Crippen LogP contribution in [-0.4, -0.2) is 35.8 Å². The van der Waals surface area contributed by atoms with Gasteiger partial charge in [0.1, 0.15) is 0 Å². The molecule has 0 saturated carbocycles. The molecule has 0 amide bonds. The molecule has 6 aromatic rings. The molecule has 6 rings (SSSR count). The molecule has 0 fully saturated rings. The molecule has 0 saturated heterocycles. The van der Waals surface area contributed by atoms with Gasteiger partial charge in [0.25, 0.3) is 11.8 Å². The van der Waals surface area contributed by atoms with E-state index < -0.39 is 0 Å².